The Labute approximate surface area is 176 Å². The van der Waals surface area contributed by atoms with Crippen LogP contribution in [-0.2, 0) is 4.79 Å². The first-order valence-corrected chi connectivity index (χ1v) is 9.61. The Hall–Kier alpha value is -2.99. The zero-order valence-electron chi connectivity index (χ0n) is 17.0. The van der Waals surface area contributed by atoms with Crippen LogP contribution in [0.1, 0.15) is 29.8 Å². The third kappa shape index (κ3) is 5.51. The highest BCUT2D eigenvalue weighted by Gasteiger charge is 2.20. The van der Waals surface area contributed by atoms with Crippen LogP contribution >= 0.6 is 11.6 Å². The highest BCUT2D eigenvalue weighted by molar-refractivity contribution is 6.34. The highest BCUT2D eigenvalue weighted by atomic mass is 35.5. The van der Waals surface area contributed by atoms with E-state index in [-0.39, 0.29) is 11.6 Å². The third-order valence-electron chi connectivity index (χ3n) is 4.37. The van der Waals surface area contributed by atoms with Crippen LogP contribution in [0.2, 0.25) is 5.02 Å². The van der Waals surface area contributed by atoms with Gasteiger partial charge >= 0.3 is 0 Å². The van der Waals surface area contributed by atoms with Crippen LogP contribution in [0.4, 0.5) is 0 Å². The van der Waals surface area contributed by atoms with Crippen LogP contribution in [-0.4, -0.2) is 44.0 Å². The fraction of sp³-hybridized carbons (Fsp3) is 0.273. The maximum Gasteiger partial charge on any atom is 0.270 e. The minimum Gasteiger partial charge on any atom is -0.493 e. The summed E-state index contributed by atoms with van der Waals surface area (Å²) in [6.45, 7) is 4.79. The van der Waals surface area contributed by atoms with E-state index < -0.39 is 5.91 Å². The molecule has 0 saturated carbocycles. The molecule has 0 bridgehead atoms. The van der Waals surface area contributed by atoms with E-state index in [1.807, 2.05) is 13.8 Å². The van der Waals surface area contributed by atoms with Crippen LogP contribution in [0.5, 0.6) is 11.5 Å². The molecule has 2 aromatic carbocycles. The van der Waals surface area contributed by atoms with Crippen molar-refractivity contribution < 1.29 is 19.1 Å². The Bertz CT molecular complexity index is 907. The van der Waals surface area contributed by atoms with E-state index >= 15 is 0 Å². The molecule has 0 unspecified atom stereocenters. The van der Waals surface area contributed by atoms with Crippen molar-refractivity contribution in [1.29, 1.82) is 0 Å². The average molecular weight is 417 g/mol. The first-order chi connectivity index (χ1) is 13.9. The topological polar surface area (TPSA) is 67.9 Å². The molecule has 0 saturated heterocycles. The third-order valence-corrected chi connectivity index (χ3v) is 4.70. The van der Waals surface area contributed by atoms with Crippen molar-refractivity contribution in [2.24, 2.45) is 0 Å². The number of benzene rings is 2. The molecule has 7 heteroatoms. The number of halogens is 1. The van der Waals surface area contributed by atoms with Gasteiger partial charge in [0.1, 0.15) is 5.70 Å². The predicted molar refractivity (Wildman–Crippen MR) is 114 cm³/mol. The van der Waals surface area contributed by atoms with Crippen molar-refractivity contribution in [2.75, 3.05) is 27.3 Å². The van der Waals surface area contributed by atoms with Gasteiger partial charge in [-0.25, -0.2) is 0 Å². The van der Waals surface area contributed by atoms with Gasteiger partial charge in [0, 0.05) is 13.1 Å². The van der Waals surface area contributed by atoms with Gasteiger partial charge in [0.2, 0.25) is 0 Å². The molecule has 0 aliphatic rings. The molecule has 2 amide bonds. The number of nitrogens with zero attached hydrogens (tertiary/aromatic N) is 1. The number of methoxy groups -OCH3 is 2. The van der Waals surface area contributed by atoms with Gasteiger partial charge in [-0.15, -0.1) is 0 Å². The van der Waals surface area contributed by atoms with Crippen LogP contribution in [0.25, 0.3) is 6.08 Å². The van der Waals surface area contributed by atoms with Gasteiger partial charge in [0.05, 0.1) is 24.8 Å². The summed E-state index contributed by atoms with van der Waals surface area (Å²) >= 11 is 6.13. The molecule has 6 nitrogen and oxygen atoms in total. The van der Waals surface area contributed by atoms with Gasteiger partial charge in [0.15, 0.2) is 11.5 Å². The molecular weight excluding hydrogens is 392 g/mol. The Kier molecular flexibility index (Phi) is 8.09. The minimum atomic E-state index is -0.456. The molecule has 154 valence electrons. The molecule has 2 rings (SSSR count). The van der Waals surface area contributed by atoms with E-state index in [1.165, 1.54) is 7.11 Å². The molecule has 0 radical (unpaired) electrons. The second-order valence-electron chi connectivity index (χ2n) is 6.08. The summed E-state index contributed by atoms with van der Waals surface area (Å²) in [5.74, 6) is 0.350. The summed E-state index contributed by atoms with van der Waals surface area (Å²) < 4.78 is 10.6. The van der Waals surface area contributed by atoms with Crippen molar-refractivity contribution in [2.45, 2.75) is 13.8 Å². The largest absolute Gasteiger partial charge is 0.493 e. The van der Waals surface area contributed by atoms with Crippen LogP contribution in [0, 0.1) is 0 Å². The second-order valence-corrected chi connectivity index (χ2v) is 6.49. The lowest BCUT2D eigenvalue weighted by molar-refractivity contribution is -0.127. The SMILES string of the molecule is CCN(CC)C(=O)/C(=C/c1ccc(OC)c(OC)c1)NC(=O)c1ccccc1Cl. The molecule has 0 heterocycles. The molecule has 1 N–H and O–H groups in total. The minimum absolute atomic E-state index is 0.144. The molecular formula is C22H25ClN2O4. The number of carbonyl (C=O) groups is 2. The molecule has 0 aliphatic carbocycles. The zero-order valence-corrected chi connectivity index (χ0v) is 17.7. The van der Waals surface area contributed by atoms with E-state index in [4.69, 9.17) is 21.1 Å². The second kappa shape index (κ2) is 10.5. The maximum atomic E-state index is 13.0. The lowest BCUT2D eigenvalue weighted by Gasteiger charge is -2.21. The number of hydrogen-bond acceptors (Lipinski definition) is 4. The molecule has 0 spiro atoms. The molecule has 0 aromatic heterocycles. The van der Waals surface area contributed by atoms with E-state index in [0.717, 1.165) is 0 Å². The fourth-order valence-electron chi connectivity index (χ4n) is 2.78. The van der Waals surface area contributed by atoms with Gasteiger partial charge in [0.25, 0.3) is 11.8 Å². The summed E-state index contributed by atoms with van der Waals surface area (Å²) in [6.07, 6.45) is 1.61. The van der Waals surface area contributed by atoms with Crippen LogP contribution in [0.3, 0.4) is 0 Å². The fourth-order valence-corrected chi connectivity index (χ4v) is 3.00. The number of hydrogen-bond donors (Lipinski definition) is 1. The first kappa shape index (κ1) is 22.3. The van der Waals surface area contributed by atoms with Gasteiger partial charge in [-0.2, -0.15) is 0 Å². The summed E-state index contributed by atoms with van der Waals surface area (Å²) in [4.78, 5) is 27.4. The van der Waals surface area contributed by atoms with Gasteiger partial charge in [-0.1, -0.05) is 29.8 Å². The quantitative estimate of drug-likeness (QED) is 0.660. The highest BCUT2D eigenvalue weighted by Crippen LogP contribution is 2.28. The summed E-state index contributed by atoms with van der Waals surface area (Å²) in [6, 6.07) is 11.9. The zero-order chi connectivity index (χ0) is 21.4. The number of nitrogens with one attached hydrogen (secondary N) is 1. The molecule has 0 aliphatic heterocycles. The number of ether oxygens (including phenoxy) is 2. The standard InChI is InChI=1S/C22H25ClN2O4/c1-5-25(6-2)22(27)18(24-21(26)16-9-7-8-10-17(16)23)13-15-11-12-19(28-3)20(14-15)29-4/h7-14H,5-6H2,1-4H3,(H,24,26)/b18-13-. The Morgan fingerprint density at radius 1 is 1.03 bits per heavy atom. The maximum absolute atomic E-state index is 13.0. The molecule has 0 atom stereocenters. The Morgan fingerprint density at radius 2 is 1.69 bits per heavy atom. The smallest absolute Gasteiger partial charge is 0.270 e. The van der Waals surface area contributed by atoms with Crippen molar-refractivity contribution in [3.63, 3.8) is 0 Å². The lowest BCUT2D eigenvalue weighted by atomic mass is 10.1. The summed E-state index contributed by atoms with van der Waals surface area (Å²) in [5.41, 5.74) is 1.11. The van der Waals surface area contributed by atoms with E-state index in [0.29, 0.717) is 40.7 Å². The Morgan fingerprint density at radius 3 is 2.28 bits per heavy atom. The van der Waals surface area contributed by atoms with Gasteiger partial charge in [-0.3, -0.25) is 9.59 Å². The molecule has 29 heavy (non-hydrogen) atoms. The predicted octanol–water partition coefficient (Wildman–Crippen LogP) is 4.00. The summed E-state index contributed by atoms with van der Waals surface area (Å²) in [7, 11) is 3.08. The van der Waals surface area contributed by atoms with Crippen molar-refractivity contribution in [3.05, 3.63) is 64.3 Å². The number of likely N-dealkylation sites (N-methyl/N-ethyl adjacent to an activating group) is 1. The average Bonchev–Trinajstić information content (AvgIpc) is 2.74. The van der Waals surface area contributed by atoms with Gasteiger partial charge < -0.3 is 19.7 Å². The lowest BCUT2D eigenvalue weighted by Crippen LogP contribution is -2.38. The van der Waals surface area contributed by atoms with E-state index in [9.17, 15) is 9.59 Å². The normalized spacial score (nSPS) is 11.0. The van der Waals surface area contributed by atoms with E-state index in [2.05, 4.69) is 5.32 Å². The molecule has 2 aromatic rings. The van der Waals surface area contributed by atoms with Crippen LogP contribution < -0.4 is 14.8 Å². The van der Waals surface area contributed by atoms with E-state index in [1.54, 1.807) is 60.6 Å². The molecule has 0 fully saturated rings. The number of amides is 2. The van der Waals surface area contributed by atoms with Crippen molar-refractivity contribution >= 4 is 29.5 Å². The Balaban J connectivity index is 2.45. The number of rotatable bonds is 8. The van der Waals surface area contributed by atoms with Crippen molar-refractivity contribution in [1.82, 2.24) is 10.2 Å². The summed E-state index contributed by atoms with van der Waals surface area (Å²) in [5, 5.41) is 3.02. The first-order valence-electron chi connectivity index (χ1n) is 9.23. The number of carbonyl (C=O) groups excluding carboxylic acids is 2. The van der Waals surface area contributed by atoms with Crippen molar-refractivity contribution in [3.8, 4) is 11.5 Å². The van der Waals surface area contributed by atoms with Gasteiger partial charge in [-0.05, 0) is 49.8 Å². The van der Waals surface area contributed by atoms with Crippen LogP contribution in [0.15, 0.2) is 48.2 Å². The monoisotopic (exact) mass is 416 g/mol.